The molecule has 0 radical (unpaired) electrons. The first kappa shape index (κ1) is 14.3. The molecule has 2 saturated carbocycles. The Hall–Kier alpha value is -1.63. The maximum absolute atomic E-state index is 12.0. The zero-order chi connectivity index (χ0) is 15.0. The molecule has 2 aliphatic carbocycles. The van der Waals surface area contributed by atoms with Crippen molar-refractivity contribution < 1.29 is 14.7 Å². The second-order valence-corrected chi connectivity index (χ2v) is 6.88. The van der Waals surface area contributed by atoms with Crippen LogP contribution in [0.15, 0.2) is 5.38 Å². The van der Waals surface area contributed by atoms with Gasteiger partial charge in [0.1, 0.15) is 5.01 Å². The summed E-state index contributed by atoms with van der Waals surface area (Å²) in [4.78, 5) is 27.6. The van der Waals surface area contributed by atoms with Gasteiger partial charge in [0, 0.05) is 17.1 Å². The van der Waals surface area contributed by atoms with Gasteiger partial charge >= 0.3 is 12.0 Å². The highest BCUT2D eigenvalue weighted by Crippen LogP contribution is 2.48. The molecular weight excluding hydrogens is 290 g/mol. The summed E-state index contributed by atoms with van der Waals surface area (Å²) in [5.41, 5.74) is 0.941. The van der Waals surface area contributed by atoms with Crippen molar-refractivity contribution in [3.05, 3.63) is 16.1 Å². The second-order valence-electron chi connectivity index (χ2n) is 5.93. The van der Waals surface area contributed by atoms with E-state index >= 15 is 0 Å². The van der Waals surface area contributed by atoms with Gasteiger partial charge in [0.2, 0.25) is 0 Å². The van der Waals surface area contributed by atoms with Gasteiger partial charge in [-0.2, -0.15) is 0 Å². The molecule has 1 aromatic heterocycles. The molecule has 0 spiro atoms. The molecule has 1 heterocycles. The van der Waals surface area contributed by atoms with E-state index in [9.17, 15) is 14.7 Å². The fraction of sp³-hybridized carbons (Fsp3) is 0.643. The summed E-state index contributed by atoms with van der Waals surface area (Å²) in [5.74, 6) is -0.692. The molecular formula is C14H19N3O3S. The number of aromatic nitrogens is 1. The van der Waals surface area contributed by atoms with Gasteiger partial charge in [-0.25, -0.2) is 9.78 Å². The first-order valence-corrected chi connectivity index (χ1v) is 8.10. The third-order valence-electron chi connectivity index (χ3n) is 4.57. The van der Waals surface area contributed by atoms with Crippen molar-refractivity contribution in [2.24, 2.45) is 17.8 Å². The van der Waals surface area contributed by atoms with Crippen LogP contribution < -0.4 is 10.6 Å². The minimum atomic E-state index is -0.789. The SMILES string of the molecule is Cc1csc(CNC(=O)NC2C3CCC(C3)C2C(=O)O)n1. The van der Waals surface area contributed by atoms with Crippen molar-refractivity contribution in [3.8, 4) is 0 Å². The largest absolute Gasteiger partial charge is 0.481 e. The lowest BCUT2D eigenvalue weighted by molar-refractivity contribution is -0.144. The average Bonchev–Trinajstić information content (AvgIpc) is 3.11. The van der Waals surface area contributed by atoms with Gasteiger partial charge in [-0.05, 0) is 38.0 Å². The summed E-state index contributed by atoms with van der Waals surface area (Å²) in [5, 5.41) is 17.8. The lowest BCUT2D eigenvalue weighted by Crippen LogP contribution is -2.50. The van der Waals surface area contributed by atoms with Crippen molar-refractivity contribution in [2.75, 3.05) is 0 Å². The molecule has 3 N–H and O–H groups in total. The Labute approximate surface area is 127 Å². The number of carboxylic acid groups (broad SMARTS) is 1. The predicted octanol–water partition coefficient (Wildman–Crippen LogP) is 1.75. The number of urea groups is 1. The molecule has 0 aromatic carbocycles. The van der Waals surface area contributed by atoms with Gasteiger partial charge in [0.25, 0.3) is 0 Å². The first-order chi connectivity index (χ1) is 10.0. The number of aryl methyl sites for hydroxylation is 1. The number of hydrogen-bond donors (Lipinski definition) is 3. The maximum atomic E-state index is 12.0. The molecule has 2 bridgehead atoms. The van der Waals surface area contributed by atoms with E-state index < -0.39 is 11.9 Å². The van der Waals surface area contributed by atoms with Crippen LogP contribution in [0.3, 0.4) is 0 Å². The number of nitrogens with zero attached hydrogens (tertiary/aromatic N) is 1. The Balaban J connectivity index is 1.55. The van der Waals surface area contributed by atoms with Crippen LogP contribution in [0.5, 0.6) is 0 Å². The van der Waals surface area contributed by atoms with Gasteiger partial charge in [-0.15, -0.1) is 11.3 Å². The number of fused-ring (bicyclic) bond motifs is 2. The Morgan fingerprint density at radius 3 is 2.86 bits per heavy atom. The van der Waals surface area contributed by atoms with E-state index in [1.54, 1.807) is 0 Å². The van der Waals surface area contributed by atoms with Gasteiger partial charge in [-0.3, -0.25) is 4.79 Å². The van der Waals surface area contributed by atoms with E-state index in [0.717, 1.165) is 30.0 Å². The monoisotopic (exact) mass is 309 g/mol. The first-order valence-electron chi connectivity index (χ1n) is 7.23. The lowest BCUT2D eigenvalue weighted by Gasteiger charge is -2.28. The summed E-state index contributed by atoms with van der Waals surface area (Å²) < 4.78 is 0. The summed E-state index contributed by atoms with van der Waals surface area (Å²) in [6.07, 6.45) is 2.92. The summed E-state index contributed by atoms with van der Waals surface area (Å²) in [7, 11) is 0. The third kappa shape index (κ3) is 2.88. The number of thiazole rings is 1. The molecule has 3 rings (SSSR count). The molecule has 0 aliphatic heterocycles. The highest BCUT2D eigenvalue weighted by molar-refractivity contribution is 7.09. The number of amides is 2. The normalized spacial score (nSPS) is 30.3. The summed E-state index contributed by atoms with van der Waals surface area (Å²) in [6.45, 7) is 2.29. The van der Waals surface area contributed by atoms with Gasteiger partial charge in [0.15, 0.2) is 0 Å². The lowest BCUT2D eigenvalue weighted by atomic mass is 9.84. The number of nitrogens with one attached hydrogen (secondary N) is 2. The van der Waals surface area contributed by atoms with E-state index in [2.05, 4.69) is 15.6 Å². The fourth-order valence-corrected chi connectivity index (χ4v) is 4.41. The number of aliphatic carboxylic acids is 1. The Morgan fingerprint density at radius 1 is 1.43 bits per heavy atom. The molecule has 4 unspecified atom stereocenters. The summed E-state index contributed by atoms with van der Waals surface area (Å²) >= 11 is 1.50. The van der Waals surface area contributed by atoms with Crippen LogP contribution in [0.25, 0.3) is 0 Å². The standard InChI is InChI=1S/C14H19N3O3S/c1-7-6-21-10(16-7)5-15-14(20)17-12-9-3-2-8(4-9)11(12)13(18)19/h6,8-9,11-12H,2-5H2,1H3,(H,18,19)(H2,15,17,20). The summed E-state index contributed by atoms with van der Waals surface area (Å²) in [6, 6.07) is -0.536. The van der Waals surface area contributed by atoms with E-state index in [0.29, 0.717) is 12.5 Å². The van der Waals surface area contributed by atoms with E-state index in [1.807, 2.05) is 12.3 Å². The zero-order valence-electron chi connectivity index (χ0n) is 11.8. The van der Waals surface area contributed by atoms with Crippen molar-refractivity contribution >= 4 is 23.3 Å². The Bertz CT molecular complexity index is 559. The highest BCUT2D eigenvalue weighted by Gasteiger charge is 2.51. The van der Waals surface area contributed by atoms with Crippen LogP contribution in [0, 0.1) is 24.7 Å². The quantitative estimate of drug-likeness (QED) is 0.790. The minimum absolute atomic E-state index is 0.222. The molecule has 1 aromatic rings. The number of carbonyl (C=O) groups is 2. The number of carboxylic acids is 1. The van der Waals surface area contributed by atoms with Crippen molar-refractivity contribution in [1.29, 1.82) is 0 Å². The zero-order valence-corrected chi connectivity index (χ0v) is 12.7. The van der Waals surface area contributed by atoms with E-state index in [1.165, 1.54) is 11.3 Å². The maximum Gasteiger partial charge on any atom is 0.315 e. The molecule has 0 saturated heterocycles. The van der Waals surface area contributed by atoms with Gasteiger partial charge < -0.3 is 15.7 Å². The van der Waals surface area contributed by atoms with E-state index in [4.69, 9.17) is 0 Å². The smallest absolute Gasteiger partial charge is 0.315 e. The van der Waals surface area contributed by atoms with Crippen molar-refractivity contribution in [3.63, 3.8) is 0 Å². The number of rotatable bonds is 4. The van der Waals surface area contributed by atoms with Crippen LogP contribution >= 0.6 is 11.3 Å². The Morgan fingerprint density at radius 2 is 2.19 bits per heavy atom. The highest BCUT2D eigenvalue weighted by atomic mass is 32.1. The van der Waals surface area contributed by atoms with Gasteiger partial charge in [-0.1, -0.05) is 0 Å². The van der Waals surface area contributed by atoms with Crippen LogP contribution in [0.4, 0.5) is 4.79 Å². The van der Waals surface area contributed by atoms with Crippen molar-refractivity contribution in [2.45, 2.75) is 38.8 Å². The third-order valence-corrected chi connectivity index (χ3v) is 5.53. The minimum Gasteiger partial charge on any atom is -0.481 e. The van der Waals surface area contributed by atoms with Crippen LogP contribution in [-0.2, 0) is 11.3 Å². The number of carbonyl (C=O) groups excluding carboxylic acids is 1. The fourth-order valence-electron chi connectivity index (χ4n) is 3.70. The van der Waals surface area contributed by atoms with Gasteiger partial charge in [0.05, 0.1) is 12.5 Å². The predicted molar refractivity (Wildman–Crippen MR) is 78.0 cm³/mol. The molecule has 2 aliphatic rings. The molecule has 6 nitrogen and oxygen atoms in total. The molecule has 4 atom stereocenters. The van der Waals surface area contributed by atoms with Crippen LogP contribution in [-0.4, -0.2) is 28.1 Å². The molecule has 2 amide bonds. The topological polar surface area (TPSA) is 91.3 Å². The number of hydrogen-bond acceptors (Lipinski definition) is 4. The Kier molecular flexibility index (Phi) is 3.84. The van der Waals surface area contributed by atoms with Crippen LogP contribution in [0.1, 0.15) is 30.0 Å². The van der Waals surface area contributed by atoms with Crippen molar-refractivity contribution in [1.82, 2.24) is 15.6 Å². The van der Waals surface area contributed by atoms with E-state index in [-0.39, 0.29) is 18.0 Å². The molecule has 2 fully saturated rings. The second kappa shape index (κ2) is 5.63. The molecule has 21 heavy (non-hydrogen) atoms. The average molecular weight is 309 g/mol. The van der Waals surface area contributed by atoms with Crippen LogP contribution in [0.2, 0.25) is 0 Å². The molecule has 114 valence electrons. The molecule has 7 heteroatoms.